The largest absolute Gasteiger partial charge is 0.326 e. The molecule has 0 aromatic heterocycles. The summed E-state index contributed by atoms with van der Waals surface area (Å²) in [6, 6.07) is 3.96. The highest BCUT2D eigenvalue weighted by molar-refractivity contribution is 9.10. The number of nitrogens with one attached hydrogen (secondary N) is 2. The summed E-state index contributed by atoms with van der Waals surface area (Å²) in [6.45, 7) is 4.91. The van der Waals surface area contributed by atoms with Crippen molar-refractivity contribution in [2.75, 3.05) is 18.9 Å². The zero-order chi connectivity index (χ0) is 12.8. The second kappa shape index (κ2) is 6.77. The fourth-order valence-corrected chi connectivity index (χ4v) is 1.90. The van der Waals surface area contributed by atoms with Crippen LogP contribution < -0.4 is 10.6 Å². The van der Waals surface area contributed by atoms with Gasteiger partial charge >= 0.3 is 0 Å². The molecule has 0 bridgehead atoms. The van der Waals surface area contributed by atoms with Gasteiger partial charge in [-0.2, -0.15) is 0 Å². The topological polar surface area (TPSA) is 41.1 Å². The van der Waals surface area contributed by atoms with Crippen LogP contribution in [0.2, 0.25) is 0 Å². The minimum atomic E-state index is 0.0707. The molecule has 0 aliphatic heterocycles. The van der Waals surface area contributed by atoms with Crippen molar-refractivity contribution in [1.29, 1.82) is 0 Å². The van der Waals surface area contributed by atoms with Gasteiger partial charge in [-0.25, -0.2) is 0 Å². The van der Waals surface area contributed by atoms with Gasteiger partial charge in [0.15, 0.2) is 0 Å². The Hall–Kier alpha value is -0.870. The normalized spacial score (nSPS) is 10.4. The number of hydrogen-bond donors (Lipinski definition) is 2. The van der Waals surface area contributed by atoms with E-state index >= 15 is 0 Å². The van der Waals surface area contributed by atoms with Crippen LogP contribution in [0.1, 0.15) is 24.0 Å². The van der Waals surface area contributed by atoms with Crippen molar-refractivity contribution in [3.05, 3.63) is 27.7 Å². The molecule has 2 N–H and O–H groups in total. The lowest BCUT2D eigenvalue weighted by molar-refractivity contribution is -0.116. The van der Waals surface area contributed by atoms with E-state index in [1.165, 1.54) is 0 Å². The summed E-state index contributed by atoms with van der Waals surface area (Å²) in [7, 11) is 1.89. The molecule has 1 aromatic rings. The Kier molecular flexibility index (Phi) is 5.65. The Morgan fingerprint density at radius 3 is 2.41 bits per heavy atom. The van der Waals surface area contributed by atoms with Crippen LogP contribution in [0.25, 0.3) is 0 Å². The first-order chi connectivity index (χ1) is 8.04. The van der Waals surface area contributed by atoms with Crippen LogP contribution in [-0.4, -0.2) is 19.5 Å². The Balaban J connectivity index is 2.60. The smallest absolute Gasteiger partial charge is 0.224 e. The van der Waals surface area contributed by atoms with Gasteiger partial charge < -0.3 is 10.6 Å². The number of benzene rings is 1. The van der Waals surface area contributed by atoms with Gasteiger partial charge in [0.25, 0.3) is 0 Å². The molecule has 4 heteroatoms. The number of carbonyl (C=O) groups excluding carboxylic acids is 1. The molecule has 94 valence electrons. The fraction of sp³-hybridized carbons (Fsp3) is 0.462. The van der Waals surface area contributed by atoms with E-state index in [0.717, 1.165) is 34.3 Å². The quantitative estimate of drug-likeness (QED) is 0.821. The Bertz CT molecular complexity index is 381. The standard InChI is InChI=1S/C13H19BrN2O/c1-9-7-11(8-10(2)13(9)14)16-12(17)5-4-6-15-3/h7-8,15H,4-6H2,1-3H3,(H,16,17). The fourth-order valence-electron chi connectivity index (χ4n) is 1.67. The van der Waals surface area contributed by atoms with Gasteiger partial charge in [0.05, 0.1) is 0 Å². The van der Waals surface area contributed by atoms with Crippen molar-refractivity contribution in [2.24, 2.45) is 0 Å². The lowest BCUT2D eigenvalue weighted by atomic mass is 10.1. The first-order valence-electron chi connectivity index (χ1n) is 5.75. The molecule has 0 spiro atoms. The summed E-state index contributed by atoms with van der Waals surface area (Å²) in [5.74, 6) is 0.0707. The van der Waals surface area contributed by atoms with Crippen LogP contribution in [0.15, 0.2) is 16.6 Å². The minimum Gasteiger partial charge on any atom is -0.326 e. The number of anilines is 1. The lowest BCUT2D eigenvalue weighted by Crippen LogP contribution is -2.15. The molecule has 0 saturated heterocycles. The molecule has 1 aromatic carbocycles. The van der Waals surface area contributed by atoms with Gasteiger partial charge in [-0.15, -0.1) is 0 Å². The highest BCUT2D eigenvalue weighted by Gasteiger charge is 2.05. The molecule has 0 aliphatic rings. The van der Waals surface area contributed by atoms with Crippen LogP contribution >= 0.6 is 15.9 Å². The predicted octanol–water partition coefficient (Wildman–Crippen LogP) is 3.00. The maximum absolute atomic E-state index is 11.6. The van der Waals surface area contributed by atoms with E-state index in [-0.39, 0.29) is 5.91 Å². The van der Waals surface area contributed by atoms with Crippen molar-refractivity contribution in [3.63, 3.8) is 0 Å². The zero-order valence-electron chi connectivity index (χ0n) is 10.6. The van der Waals surface area contributed by atoms with Crippen LogP contribution in [0.4, 0.5) is 5.69 Å². The monoisotopic (exact) mass is 298 g/mol. The summed E-state index contributed by atoms with van der Waals surface area (Å²) in [5.41, 5.74) is 3.14. The van der Waals surface area contributed by atoms with E-state index in [9.17, 15) is 4.79 Å². The van der Waals surface area contributed by atoms with E-state index in [1.54, 1.807) is 0 Å². The minimum absolute atomic E-state index is 0.0707. The molecule has 0 radical (unpaired) electrons. The molecule has 0 atom stereocenters. The van der Waals surface area contributed by atoms with E-state index in [4.69, 9.17) is 0 Å². The third kappa shape index (κ3) is 4.48. The number of rotatable bonds is 5. The molecule has 17 heavy (non-hydrogen) atoms. The molecule has 0 unspecified atom stereocenters. The Morgan fingerprint density at radius 1 is 1.29 bits per heavy atom. The second-order valence-electron chi connectivity index (χ2n) is 4.18. The Labute approximate surface area is 111 Å². The third-order valence-corrected chi connectivity index (χ3v) is 3.80. The molecular formula is C13H19BrN2O. The van der Waals surface area contributed by atoms with E-state index in [0.29, 0.717) is 6.42 Å². The molecule has 0 saturated carbocycles. The van der Waals surface area contributed by atoms with Crippen LogP contribution in [0.3, 0.4) is 0 Å². The molecular weight excluding hydrogens is 280 g/mol. The molecule has 1 rings (SSSR count). The molecule has 1 amide bonds. The number of amides is 1. The van der Waals surface area contributed by atoms with Gasteiger partial charge in [0.2, 0.25) is 5.91 Å². The average Bonchev–Trinajstić information content (AvgIpc) is 2.26. The molecule has 0 fully saturated rings. The van der Waals surface area contributed by atoms with Crippen LogP contribution in [0, 0.1) is 13.8 Å². The summed E-state index contributed by atoms with van der Waals surface area (Å²) < 4.78 is 1.10. The van der Waals surface area contributed by atoms with Gasteiger partial charge in [-0.05, 0) is 57.1 Å². The van der Waals surface area contributed by atoms with E-state index in [2.05, 4.69) is 26.6 Å². The zero-order valence-corrected chi connectivity index (χ0v) is 12.1. The molecule has 3 nitrogen and oxygen atoms in total. The van der Waals surface area contributed by atoms with Crippen molar-refractivity contribution in [2.45, 2.75) is 26.7 Å². The van der Waals surface area contributed by atoms with Crippen molar-refractivity contribution in [3.8, 4) is 0 Å². The SMILES string of the molecule is CNCCCC(=O)Nc1cc(C)c(Br)c(C)c1. The molecule has 0 heterocycles. The van der Waals surface area contributed by atoms with Gasteiger partial charge in [0.1, 0.15) is 0 Å². The van der Waals surface area contributed by atoms with Crippen molar-refractivity contribution in [1.82, 2.24) is 5.32 Å². The summed E-state index contributed by atoms with van der Waals surface area (Å²) in [6.07, 6.45) is 1.41. The van der Waals surface area contributed by atoms with Crippen molar-refractivity contribution < 1.29 is 4.79 Å². The van der Waals surface area contributed by atoms with Crippen LogP contribution in [0.5, 0.6) is 0 Å². The summed E-state index contributed by atoms with van der Waals surface area (Å²) in [5, 5.41) is 5.95. The van der Waals surface area contributed by atoms with E-state index in [1.807, 2.05) is 33.0 Å². The van der Waals surface area contributed by atoms with Gasteiger partial charge in [-0.3, -0.25) is 4.79 Å². The Morgan fingerprint density at radius 2 is 1.88 bits per heavy atom. The number of carbonyl (C=O) groups is 1. The number of halogens is 1. The van der Waals surface area contributed by atoms with Gasteiger partial charge in [0, 0.05) is 16.6 Å². The summed E-state index contributed by atoms with van der Waals surface area (Å²) in [4.78, 5) is 11.6. The maximum atomic E-state index is 11.6. The maximum Gasteiger partial charge on any atom is 0.224 e. The number of aryl methyl sites for hydroxylation is 2. The lowest BCUT2D eigenvalue weighted by Gasteiger charge is -2.09. The highest BCUT2D eigenvalue weighted by atomic mass is 79.9. The highest BCUT2D eigenvalue weighted by Crippen LogP contribution is 2.25. The first kappa shape index (κ1) is 14.2. The number of hydrogen-bond acceptors (Lipinski definition) is 2. The van der Waals surface area contributed by atoms with Crippen molar-refractivity contribution >= 4 is 27.5 Å². The third-order valence-electron chi connectivity index (χ3n) is 2.55. The predicted molar refractivity (Wildman–Crippen MR) is 75.4 cm³/mol. The average molecular weight is 299 g/mol. The second-order valence-corrected chi connectivity index (χ2v) is 4.97. The van der Waals surface area contributed by atoms with E-state index < -0.39 is 0 Å². The van der Waals surface area contributed by atoms with Crippen LogP contribution in [-0.2, 0) is 4.79 Å². The first-order valence-corrected chi connectivity index (χ1v) is 6.55. The van der Waals surface area contributed by atoms with Gasteiger partial charge in [-0.1, -0.05) is 15.9 Å². The summed E-state index contributed by atoms with van der Waals surface area (Å²) >= 11 is 3.51. The molecule has 0 aliphatic carbocycles.